The van der Waals surface area contributed by atoms with E-state index < -0.39 is 0 Å². The Hall–Kier alpha value is -3.15. The van der Waals surface area contributed by atoms with Crippen molar-refractivity contribution in [2.45, 2.75) is 82.8 Å². The molecule has 35 heavy (non-hydrogen) atoms. The van der Waals surface area contributed by atoms with Gasteiger partial charge in [0.2, 0.25) is 5.91 Å². The maximum Gasteiger partial charge on any atom is 0.251 e. The van der Waals surface area contributed by atoms with E-state index in [0.29, 0.717) is 23.5 Å². The SMILES string of the molecule is CNC(=O)c1ccccc1-c1nc2ccccc2n1CC(=O)N(C1CCCCC1)C1CCCCC1. The molecule has 6 nitrogen and oxygen atoms in total. The molecular formula is C29H36N4O2. The normalized spacial score (nSPS) is 17.4. The number of nitrogens with one attached hydrogen (secondary N) is 1. The maximum atomic E-state index is 14.1. The van der Waals surface area contributed by atoms with Crippen LogP contribution in [0.1, 0.15) is 74.6 Å². The first kappa shape index (κ1) is 23.6. The van der Waals surface area contributed by atoms with Crippen LogP contribution < -0.4 is 5.32 Å². The predicted molar refractivity (Wildman–Crippen MR) is 139 cm³/mol. The van der Waals surface area contributed by atoms with Gasteiger partial charge in [0.25, 0.3) is 5.91 Å². The second-order valence-corrected chi connectivity index (χ2v) is 10.0. The van der Waals surface area contributed by atoms with Crippen molar-refractivity contribution in [3.8, 4) is 11.4 Å². The lowest BCUT2D eigenvalue weighted by atomic mass is 9.88. The number of hydrogen-bond acceptors (Lipinski definition) is 3. The molecule has 2 saturated carbocycles. The average molecular weight is 473 g/mol. The van der Waals surface area contributed by atoms with Crippen LogP contribution in [0.2, 0.25) is 0 Å². The van der Waals surface area contributed by atoms with E-state index in [9.17, 15) is 9.59 Å². The van der Waals surface area contributed by atoms with Gasteiger partial charge in [0.05, 0.1) is 16.6 Å². The first-order valence-electron chi connectivity index (χ1n) is 13.3. The Kier molecular flexibility index (Phi) is 7.16. The molecule has 0 unspecified atom stereocenters. The van der Waals surface area contributed by atoms with Crippen molar-refractivity contribution in [1.82, 2.24) is 19.8 Å². The Bertz CT molecular complexity index is 1170. The van der Waals surface area contributed by atoms with Gasteiger partial charge >= 0.3 is 0 Å². The van der Waals surface area contributed by atoms with E-state index in [1.54, 1.807) is 7.05 Å². The van der Waals surface area contributed by atoms with Crippen molar-refractivity contribution < 1.29 is 9.59 Å². The van der Waals surface area contributed by atoms with Gasteiger partial charge in [-0.2, -0.15) is 0 Å². The molecular weight excluding hydrogens is 436 g/mol. The fourth-order valence-corrected chi connectivity index (χ4v) is 6.09. The van der Waals surface area contributed by atoms with Crippen LogP contribution in [-0.4, -0.2) is 45.4 Å². The van der Waals surface area contributed by atoms with Crippen LogP contribution in [0.4, 0.5) is 0 Å². The maximum absolute atomic E-state index is 14.1. The smallest absolute Gasteiger partial charge is 0.251 e. The minimum Gasteiger partial charge on any atom is -0.355 e. The number of rotatable bonds is 6. The van der Waals surface area contributed by atoms with Crippen LogP contribution in [0.3, 0.4) is 0 Å². The third kappa shape index (κ3) is 4.84. The summed E-state index contributed by atoms with van der Waals surface area (Å²) in [4.78, 5) is 33.9. The Morgan fingerprint density at radius 3 is 2.14 bits per heavy atom. The van der Waals surface area contributed by atoms with E-state index in [0.717, 1.165) is 42.3 Å². The lowest BCUT2D eigenvalue weighted by molar-refractivity contribution is -0.138. The summed E-state index contributed by atoms with van der Waals surface area (Å²) >= 11 is 0. The van der Waals surface area contributed by atoms with Crippen molar-refractivity contribution in [2.75, 3.05) is 7.05 Å². The van der Waals surface area contributed by atoms with Gasteiger partial charge in [-0.15, -0.1) is 0 Å². The van der Waals surface area contributed by atoms with Crippen LogP contribution in [-0.2, 0) is 11.3 Å². The van der Waals surface area contributed by atoms with Gasteiger partial charge in [0.15, 0.2) is 0 Å². The van der Waals surface area contributed by atoms with E-state index >= 15 is 0 Å². The topological polar surface area (TPSA) is 67.2 Å². The minimum atomic E-state index is -0.156. The molecule has 1 heterocycles. The van der Waals surface area contributed by atoms with Gasteiger partial charge in [0.1, 0.15) is 12.4 Å². The molecule has 0 radical (unpaired) electrons. The number of fused-ring (bicyclic) bond motifs is 1. The number of imidazole rings is 1. The van der Waals surface area contributed by atoms with Crippen molar-refractivity contribution in [3.63, 3.8) is 0 Å². The van der Waals surface area contributed by atoms with E-state index in [1.807, 2.05) is 53.1 Å². The number of nitrogens with zero attached hydrogens (tertiary/aromatic N) is 3. The molecule has 0 aliphatic heterocycles. The molecule has 1 aromatic heterocycles. The van der Waals surface area contributed by atoms with Gasteiger partial charge < -0.3 is 14.8 Å². The molecule has 0 saturated heterocycles. The summed E-state index contributed by atoms with van der Waals surface area (Å²) < 4.78 is 2.03. The number of carbonyl (C=O) groups excluding carboxylic acids is 2. The second-order valence-electron chi connectivity index (χ2n) is 10.0. The first-order chi connectivity index (χ1) is 17.2. The first-order valence-corrected chi connectivity index (χ1v) is 13.3. The zero-order valence-corrected chi connectivity index (χ0v) is 20.7. The Morgan fingerprint density at radius 2 is 1.49 bits per heavy atom. The Labute approximate surface area is 207 Å². The number of para-hydroxylation sites is 2. The van der Waals surface area contributed by atoms with Gasteiger partial charge in [-0.05, 0) is 43.9 Å². The monoisotopic (exact) mass is 472 g/mol. The summed E-state index contributed by atoms with van der Waals surface area (Å²) in [7, 11) is 1.64. The second kappa shape index (κ2) is 10.6. The summed E-state index contributed by atoms with van der Waals surface area (Å²) in [5.41, 5.74) is 3.08. The average Bonchev–Trinajstić information content (AvgIpc) is 3.27. The van der Waals surface area contributed by atoms with Crippen LogP contribution in [0, 0.1) is 0 Å². The third-order valence-electron chi connectivity index (χ3n) is 7.81. The largest absolute Gasteiger partial charge is 0.355 e. The van der Waals surface area contributed by atoms with Gasteiger partial charge in [-0.1, -0.05) is 68.9 Å². The highest BCUT2D eigenvalue weighted by molar-refractivity contribution is 6.01. The number of amides is 2. The summed E-state index contributed by atoms with van der Waals surface area (Å²) in [6.07, 6.45) is 11.8. The Morgan fingerprint density at radius 1 is 0.886 bits per heavy atom. The highest BCUT2D eigenvalue weighted by atomic mass is 16.2. The molecule has 2 fully saturated rings. The molecule has 0 spiro atoms. The zero-order valence-electron chi connectivity index (χ0n) is 20.7. The van der Waals surface area contributed by atoms with Crippen molar-refractivity contribution >= 4 is 22.8 Å². The Balaban J connectivity index is 1.55. The molecule has 2 aliphatic rings. The van der Waals surface area contributed by atoms with Gasteiger partial charge in [0, 0.05) is 24.7 Å². The fourth-order valence-electron chi connectivity index (χ4n) is 6.09. The molecule has 2 aliphatic carbocycles. The molecule has 2 aromatic carbocycles. The molecule has 1 N–H and O–H groups in total. The van der Waals surface area contributed by atoms with E-state index in [2.05, 4.69) is 10.2 Å². The van der Waals surface area contributed by atoms with Crippen LogP contribution >= 0.6 is 0 Å². The summed E-state index contributed by atoms with van der Waals surface area (Å²) in [6.45, 7) is 0.241. The van der Waals surface area contributed by atoms with Crippen molar-refractivity contribution in [1.29, 1.82) is 0 Å². The molecule has 5 rings (SSSR count). The van der Waals surface area contributed by atoms with Crippen LogP contribution in [0.15, 0.2) is 48.5 Å². The van der Waals surface area contributed by atoms with Gasteiger partial charge in [-0.3, -0.25) is 9.59 Å². The summed E-state index contributed by atoms with van der Waals surface area (Å²) in [5, 5.41) is 2.74. The van der Waals surface area contributed by atoms with Crippen molar-refractivity contribution in [2.24, 2.45) is 0 Å². The van der Waals surface area contributed by atoms with Crippen LogP contribution in [0.5, 0.6) is 0 Å². The number of aromatic nitrogens is 2. The number of carbonyl (C=O) groups is 2. The quantitative estimate of drug-likeness (QED) is 0.511. The standard InChI is InChI=1S/C29H36N4O2/c1-30-29(35)24-17-9-8-16-23(24)28-31-25-18-10-11-19-26(25)32(28)20-27(34)33(21-12-4-2-5-13-21)22-14-6-3-7-15-22/h8-11,16-19,21-22H,2-7,12-15,20H2,1H3,(H,30,35). The summed E-state index contributed by atoms with van der Waals surface area (Å²) in [6, 6.07) is 16.2. The van der Waals surface area contributed by atoms with Crippen LogP contribution in [0.25, 0.3) is 22.4 Å². The zero-order chi connectivity index (χ0) is 24.2. The molecule has 3 aromatic rings. The third-order valence-corrected chi connectivity index (χ3v) is 7.81. The molecule has 0 bridgehead atoms. The highest BCUT2D eigenvalue weighted by Crippen LogP contribution is 2.32. The lowest BCUT2D eigenvalue weighted by Gasteiger charge is -2.42. The summed E-state index contributed by atoms with van der Waals surface area (Å²) in [5.74, 6) is 0.702. The molecule has 2 amide bonds. The number of benzene rings is 2. The fraction of sp³-hybridized carbons (Fsp3) is 0.483. The number of hydrogen-bond donors (Lipinski definition) is 1. The molecule has 0 atom stereocenters. The van der Waals surface area contributed by atoms with Gasteiger partial charge in [-0.25, -0.2) is 4.98 Å². The molecule has 6 heteroatoms. The van der Waals surface area contributed by atoms with E-state index in [1.165, 1.54) is 38.5 Å². The highest BCUT2D eigenvalue weighted by Gasteiger charge is 2.33. The molecule has 184 valence electrons. The predicted octanol–water partition coefficient (Wildman–Crippen LogP) is 5.56. The minimum absolute atomic E-state index is 0.156. The van der Waals surface area contributed by atoms with Crippen molar-refractivity contribution in [3.05, 3.63) is 54.1 Å². The van der Waals surface area contributed by atoms with E-state index in [-0.39, 0.29) is 18.4 Å². The lowest BCUT2D eigenvalue weighted by Crippen LogP contribution is -2.50. The van der Waals surface area contributed by atoms with E-state index in [4.69, 9.17) is 4.98 Å².